The Hall–Kier alpha value is -1.82. The number of nitrogens with zero attached hydrogens (tertiary/aromatic N) is 2. The molecule has 0 aliphatic carbocycles. The molecule has 3 nitrogen and oxygen atoms in total. The summed E-state index contributed by atoms with van der Waals surface area (Å²) in [6, 6.07) is 6.19. The summed E-state index contributed by atoms with van der Waals surface area (Å²) in [4.78, 5) is 0. The molecule has 2 aromatic rings. The smallest absolute Gasteiger partial charge is 0.324 e. The summed E-state index contributed by atoms with van der Waals surface area (Å²) in [6.07, 6.45) is -2.68. The molecule has 1 aromatic carbocycles. The largest absolute Gasteiger partial charge is 0.433 e. The zero-order chi connectivity index (χ0) is 14.9. The third-order valence-electron chi connectivity index (χ3n) is 3.16. The first-order chi connectivity index (χ1) is 9.36. The van der Waals surface area contributed by atoms with Crippen LogP contribution in [0.25, 0.3) is 5.69 Å². The Labute approximate surface area is 115 Å². The molecule has 0 amide bonds. The Bertz CT molecular complexity index is 600. The molecule has 0 saturated heterocycles. The van der Waals surface area contributed by atoms with E-state index in [1.54, 1.807) is 24.3 Å². The highest BCUT2D eigenvalue weighted by atomic mass is 19.4. The van der Waals surface area contributed by atoms with E-state index in [0.29, 0.717) is 12.1 Å². The van der Waals surface area contributed by atoms with Crippen LogP contribution in [0.2, 0.25) is 0 Å². The number of aromatic nitrogens is 2. The van der Waals surface area contributed by atoms with Gasteiger partial charge in [0.2, 0.25) is 0 Å². The minimum Gasteiger partial charge on any atom is -0.324 e. The molecule has 2 rings (SSSR count). The highest BCUT2D eigenvalue weighted by Crippen LogP contribution is 2.36. The lowest BCUT2D eigenvalue weighted by molar-refractivity contribution is -0.143. The summed E-state index contributed by atoms with van der Waals surface area (Å²) in [7, 11) is 0. The van der Waals surface area contributed by atoms with Crippen molar-refractivity contribution >= 4 is 0 Å². The second kappa shape index (κ2) is 5.28. The summed E-state index contributed by atoms with van der Waals surface area (Å²) < 4.78 is 40.9. The second-order valence-corrected chi connectivity index (χ2v) is 4.63. The van der Waals surface area contributed by atoms with Gasteiger partial charge in [-0.15, -0.1) is 0 Å². The Morgan fingerprint density at radius 1 is 1.30 bits per heavy atom. The third kappa shape index (κ3) is 2.56. The predicted molar refractivity (Wildman–Crippen MR) is 70.5 cm³/mol. The van der Waals surface area contributed by atoms with Crippen molar-refractivity contribution in [2.45, 2.75) is 32.5 Å². The molecule has 0 fully saturated rings. The first kappa shape index (κ1) is 14.6. The average molecular weight is 283 g/mol. The van der Waals surface area contributed by atoms with Crippen LogP contribution in [-0.4, -0.2) is 9.78 Å². The second-order valence-electron chi connectivity index (χ2n) is 4.63. The molecule has 0 bridgehead atoms. The van der Waals surface area contributed by atoms with Crippen molar-refractivity contribution in [3.05, 3.63) is 47.3 Å². The molecule has 108 valence electrons. The van der Waals surface area contributed by atoms with Crippen LogP contribution in [0.15, 0.2) is 30.5 Å². The van der Waals surface area contributed by atoms with Gasteiger partial charge in [-0.2, -0.15) is 18.3 Å². The molecule has 0 aliphatic heterocycles. The summed E-state index contributed by atoms with van der Waals surface area (Å²) in [5, 5.41) is 3.90. The van der Waals surface area contributed by atoms with Crippen LogP contribution in [-0.2, 0) is 12.6 Å². The molecule has 1 aromatic heterocycles. The topological polar surface area (TPSA) is 43.8 Å². The number of para-hydroxylation sites is 1. The maximum absolute atomic E-state index is 13.3. The fourth-order valence-corrected chi connectivity index (χ4v) is 2.18. The quantitative estimate of drug-likeness (QED) is 0.937. The van der Waals surface area contributed by atoms with E-state index >= 15 is 0 Å². The molecular weight excluding hydrogens is 267 g/mol. The molecule has 1 atom stereocenters. The fraction of sp³-hybridized carbons (Fsp3) is 0.357. The van der Waals surface area contributed by atoms with Gasteiger partial charge in [-0.3, -0.25) is 0 Å². The number of nitrogens with two attached hydrogens (primary N) is 1. The number of hydrogen-bond acceptors (Lipinski definition) is 2. The first-order valence-corrected chi connectivity index (χ1v) is 6.35. The van der Waals surface area contributed by atoms with E-state index in [4.69, 9.17) is 5.73 Å². The van der Waals surface area contributed by atoms with Crippen molar-refractivity contribution in [1.82, 2.24) is 9.78 Å². The zero-order valence-electron chi connectivity index (χ0n) is 11.3. The van der Waals surface area contributed by atoms with Gasteiger partial charge in [-0.25, -0.2) is 4.68 Å². The summed E-state index contributed by atoms with van der Waals surface area (Å²) in [6.45, 7) is 3.41. The number of benzene rings is 1. The van der Waals surface area contributed by atoms with Crippen LogP contribution in [0, 0.1) is 0 Å². The Balaban J connectivity index is 2.69. The maximum Gasteiger partial charge on any atom is 0.433 e. The van der Waals surface area contributed by atoms with Crippen LogP contribution in [0.5, 0.6) is 0 Å². The lowest BCUT2D eigenvalue weighted by Crippen LogP contribution is -2.19. The molecule has 20 heavy (non-hydrogen) atoms. The average Bonchev–Trinajstić information content (AvgIpc) is 2.83. The van der Waals surface area contributed by atoms with Crippen molar-refractivity contribution in [2.75, 3.05) is 0 Å². The van der Waals surface area contributed by atoms with E-state index in [2.05, 4.69) is 5.10 Å². The Kier molecular flexibility index (Phi) is 3.85. The van der Waals surface area contributed by atoms with Gasteiger partial charge in [0.1, 0.15) is 0 Å². The van der Waals surface area contributed by atoms with Gasteiger partial charge in [0.05, 0.1) is 11.9 Å². The predicted octanol–water partition coefficient (Wildman–Crippen LogP) is 3.47. The molecule has 2 N–H and O–H groups in total. The Morgan fingerprint density at radius 2 is 1.95 bits per heavy atom. The molecule has 0 spiro atoms. The zero-order valence-corrected chi connectivity index (χ0v) is 11.3. The van der Waals surface area contributed by atoms with Gasteiger partial charge < -0.3 is 5.73 Å². The third-order valence-corrected chi connectivity index (χ3v) is 3.16. The van der Waals surface area contributed by atoms with E-state index in [1.807, 2.05) is 6.92 Å². The van der Waals surface area contributed by atoms with Crippen molar-refractivity contribution in [2.24, 2.45) is 5.73 Å². The van der Waals surface area contributed by atoms with E-state index in [1.165, 1.54) is 13.1 Å². The number of halogens is 3. The van der Waals surface area contributed by atoms with Gasteiger partial charge >= 0.3 is 6.18 Å². The molecule has 1 unspecified atom stereocenters. The van der Waals surface area contributed by atoms with Gasteiger partial charge in [-0.05, 0) is 25.0 Å². The van der Waals surface area contributed by atoms with E-state index < -0.39 is 17.9 Å². The van der Waals surface area contributed by atoms with Crippen LogP contribution in [0.4, 0.5) is 13.2 Å². The SMILES string of the molecule is CCc1ccccc1-n1ncc(C(C)N)c1C(F)(F)F. The van der Waals surface area contributed by atoms with Gasteiger partial charge in [0, 0.05) is 11.6 Å². The molecule has 1 heterocycles. The lowest BCUT2D eigenvalue weighted by atomic mass is 10.1. The van der Waals surface area contributed by atoms with Gasteiger partial charge in [0.15, 0.2) is 5.69 Å². The lowest BCUT2D eigenvalue weighted by Gasteiger charge is -2.16. The van der Waals surface area contributed by atoms with Crippen molar-refractivity contribution in [3.63, 3.8) is 0 Å². The van der Waals surface area contributed by atoms with Crippen LogP contribution >= 0.6 is 0 Å². The maximum atomic E-state index is 13.3. The van der Waals surface area contributed by atoms with E-state index in [9.17, 15) is 13.2 Å². The van der Waals surface area contributed by atoms with Gasteiger partial charge in [-0.1, -0.05) is 25.1 Å². The van der Waals surface area contributed by atoms with Crippen LogP contribution in [0.3, 0.4) is 0 Å². The van der Waals surface area contributed by atoms with Crippen molar-refractivity contribution < 1.29 is 13.2 Å². The molecular formula is C14H16F3N3. The molecule has 0 aliphatic rings. The van der Waals surface area contributed by atoms with Crippen LogP contribution < -0.4 is 5.73 Å². The first-order valence-electron chi connectivity index (χ1n) is 6.35. The monoisotopic (exact) mass is 283 g/mol. The number of rotatable bonds is 3. The Morgan fingerprint density at radius 3 is 2.50 bits per heavy atom. The molecule has 0 saturated carbocycles. The number of hydrogen-bond donors (Lipinski definition) is 1. The van der Waals surface area contributed by atoms with Crippen molar-refractivity contribution in [1.29, 1.82) is 0 Å². The number of aryl methyl sites for hydroxylation is 1. The minimum absolute atomic E-state index is 0.00315. The fourth-order valence-electron chi connectivity index (χ4n) is 2.18. The van der Waals surface area contributed by atoms with E-state index in [-0.39, 0.29) is 5.56 Å². The highest BCUT2D eigenvalue weighted by molar-refractivity contribution is 5.43. The summed E-state index contributed by atoms with van der Waals surface area (Å²) in [5.74, 6) is 0. The standard InChI is InChI=1S/C14H16F3N3/c1-3-10-6-4-5-7-12(10)20-13(14(15,16)17)11(8-19-20)9(2)18/h4-9H,3,18H2,1-2H3. The van der Waals surface area contributed by atoms with Crippen molar-refractivity contribution in [3.8, 4) is 5.69 Å². The summed E-state index contributed by atoms with van der Waals surface area (Å²) in [5.41, 5.74) is 6.07. The molecule has 6 heteroatoms. The van der Waals surface area contributed by atoms with Crippen LogP contribution in [0.1, 0.15) is 36.7 Å². The highest BCUT2D eigenvalue weighted by Gasteiger charge is 2.39. The number of alkyl halides is 3. The normalized spacial score (nSPS) is 13.5. The summed E-state index contributed by atoms with van der Waals surface area (Å²) >= 11 is 0. The molecule has 0 radical (unpaired) electrons. The van der Waals surface area contributed by atoms with Gasteiger partial charge in [0.25, 0.3) is 0 Å². The van der Waals surface area contributed by atoms with E-state index in [0.717, 1.165) is 10.2 Å². The minimum atomic E-state index is -4.50.